The molecule has 0 radical (unpaired) electrons. The Balaban J connectivity index is -0.0000000210. The Bertz CT molecular complexity index is 488. The van der Waals surface area contributed by atoms with Crippen LogP contribution in [0.5, 0.6) is 0 Å². The van der Waals surface area contributed by atoms with Gasteiger partial charge in [-0.3, -0.25) is 47.9 Å². The number of carboxylic acid groups (broad SMARTS) is 10. The molecule has 0 rings (SSSR count). The molecule has 0 aliphatic heterocycles. The van der Waals surface area contributed by atoms with Crippen molar-refractivity contribution in [3.05, 3.63) is 0 Å². The van der Waals surface area contributed by atoms with Crippen molar-refractivity contribution in [2.75, 3.05) is 0 Å². The molecule has 244 valence electrons. The van der Waals surface area contributed by atoms with Crippen LogP contribution in [0.4, 0.5) is 0 Å². The minimum absolute atomic E-state index is 0. The van der Waals surface area contributed by atoms with Crippen LogP contribution >= 0.6 is 0 Å². The first-order chi connectivity index (χ1) is 17.3. The van der Waals surface area contributed by atoms with Gasteiger partial charge < -0.3 is 53.9 Å². The topological polar surface area (TPSA) is 373 Å². The molecule has 0 aliphatic rings. The molecule has 0 spiro atoms. The second kappa shape index (κ2) is 65.0. The first-order valence-electron chi connectivity index (χ1n) is 9.28. The fourth-order valence-corrected chi connectivity index (χ4v) is 0. The van der Waals surface area contributed by atoms with Crippen molar-refractivity contribution in [3.63, 3.8) is 0 Å². The average Bonchev–Trinajstić information content (AvgIpc) is 2.47. The molecule has 0 bridgehead atoms. The Morgan fingerprint density at radius 2 is 0.244 bits per heavy atom. The summed E-state index contributed by atoms with van der Waals surface area (Å²) >= 11 is 0. The van der Waals surface area contributed by atoms with Crippen molar-refractivity contribution in [2.24, 2.45) is 0 Å². The van der Waals surface area contributed by atoms with Gasteiger partial charge in [0.25, 0.3) is 59.7 Å². The monoisotopic (exact) mass is 626 g/mol. The van der Waals surface area contributed by atoms with Gasteiger partial charge in [-0.25, -0.2) is 0 Å². The summed E-state index contributed by atoms with van der Waals surface area (Å²) < 4.78 is 0. The van der Waals surface area contributed by atoms with Gasteiger partial charge in [0.2, 0.25) is 0 Å². The zero-order valence-corrected chi connectivity index (χ0v) is 25.7. The van der Waals surface area contributed by atoms with Crippen LogP contribution in [0.1, 0.15) is 72.1 Å². The molecular weight excluding hydrogens is 585 g/mol. The van der Waals surface area contributed by atoms with Gasteiger partial charge in [-0.1, -0.05) is 0 Å². The van der Waals surface area contributed by atoms with Crippen molar-refractivity contribution >= 4 is 82.7 Å². The molecule has 0 saturated heterocycles. The Morgan fingerprint density at radius 3 is 0.244 bits per heavy atom. The molecule has 0 aromatic rings. The SMILES string of the molecule is CC(=O)O.CC(=O)O.CC(=O)O.CC(=O)O.CC(=O)O.CC(=O)O.CC(=O)O.CC(=O)O.CC(=O)O.CC(=O)O.[H-].[H-].[Mg+2]. The van der Waals surface area contributed by atoms with Crippen molar-refractivity contribution < 1.29 is 102 Å². The molecule has 0 aliphatic carbocycles. The summed E-state index contributed by atoms with van der Waals surface area (Å²) in [5, 5.41) is 74.2. The predicted molar refractivity (Wildman–Crippen MR) is 141 cm³/mol. The van der Waals surface area contributed by atoms with E-state index in [1.165, 1.54) is 0 Å². The Kier molecular flexibility index (Phi) is 112. The van der Waals surface area contributed by atoms with Gasteiger partial charge in [-0.15, -0.1) is 0 Å². The van der Waals surface area contributed by atoms with Crippen LogP contribution in [-0.4, -0.2) is 134 Å². The molecule has 10 N–H and O–H groups in total. The summed E-state index contributed by atoms with van der Waals surface area (Å²) in [6.07, 6.45) is 0. The zero-order valence-electron chi connectivity index (χ0n) is 26.3. The van der Waals surface area contributed by atoms with Gasteiger partial charge in [0, 0.05) is 69.2 Å². The number of rotatable bonds is 0. The van der Waals surface area contributed by atoms with E-state index in [2.05, 4.69) is 0 Å². The van der Waals surface area contributed by atoms with Crippen LogP contribution in [0, 0.1) is 0 Å². The Hall–Kier alpha value is -4.53. The summed E-state index contributed by atoms with van der Waals surface area (Å²) in [6, 6.07) is 0. The van der Waals surface area contributed by atoms with Gasteiger partial charge in [0.15, 0.2) is 0 Å². The van der Waals surface area contributed by atoms with E-state index in [1.807, 2.05) is 0 Å². The summed E-state index contributed by atoms with van der Waals surface area (Å²) in [5.41, 5.74) is 0. The van der Waals surface area contributed by atoms with E-state index >= 15 is 0 Å². The minimum atomic E-state index is -0.833. The fraction of sp³-hybridized carbons (Fsp3) is 0.500. The molecule has 41 heavy (non-hydrogen) atoms. The largest absolute Gasteiger partial charge is 2.00 e. The van der Waals surface area contributed by atoms with Crippen LogP contribution in [-0.2, 0) is 47.9 Å². The molecule has 0 amide bonds. The van der Waals surface area contributed by atoms with E-state index in [0.717, 1.165) is 69.2 Å². The molecule has 0 fully saturated rings. The van der Waals surface area contributed by atoms with Crippen molar-refractivity contribution in [1.29, 1.82) is 0 Å². The smallest absolute Gasteiger partial charge is 1.00 e. The molecule has 0 aromatic heterocycles. The quantitative estimate of drug-likeness (QED) is 0.166. The van der Waals surface area contributed by atoms with E-state index in [-0.39, 0.29) is 25.9 Å². The summed E-state index contributed by atoms with van der Waals surface area (Å²) in [6.45, 7) is 10.8. The van der Waals surface area contributed by atoms with Crippen LogP contribution in [0.15, 0.2) is 0 Å². The molecule has 21 heteroatoms. The van der Waals surface area contributed by atoms with E-state index in [0.29, 0.717) is 0 Å². The number of carbonyl (C=O) groups is 10. The maximum absolute atomic E-state index is 9.00. The van der Waals surface area contributed by atoms with Gasteiger partial charge in [0.05, 0.1) is 0 Å². The molecule has 0 saturated carbocycles. The molecule has 0 unspecified atom stereocenters. The molecule has 20 nitrogen and oxygen atoms in total. The first-order valence-corrected chi connectivity index (χ1v) is 9.28. The van der Waals surface area contributed by atoms with Crippen LogP contribution in [0.3, 0.4) is 0 Å². The zero-order chi connectivity index (χ0) is 35.8. The second-order valence-corrected chi connectivity index (χ2v) is 5.19. The first kappa shape index (κ1) is 70.7. The van der Waals surface area contributed by atoms with E-state index < -0.39 is 59.7 Å². The number of aliphatic carboxylic acids is 10. The molecular formula is C20H42MgO20. The van der Waals surface area contributed by atoms with Gasteiger partial charge in [-0.2, -0.15) is 0 Å². The second-order valence-electron chi connectivity index (χ2n) is 5.19. The number of hydrogen-bond acceptors (Lipinski definition) is 10. The molecule has 0 aromatic carbocycles. The van der Waals surface area contributed by atoms with Gasteiger partial charge in [-0.05, 0) is 0 Å². The normalized spacial score (nSPS) is 6.10. The third-order valence-corrected chi connectivity index (χ3v) is 0. The van der Waals surface area contributed by atoms with Gasteiger partial charge in [0.1, 0.15) is 0 Å². The average molecular weight is 627 g/mol. The maximum atomic E-state index is 9.00. The molecule has 0 heterocycles. The molecule has 0 atom stereocenters. The van der Waals surface area contributed by atoms with Crippen molar-refractivity contribution in [2.45, 2.75) is 69.2 Å². The number of hydrogen-bond donors (Lipinski definition) is 10. The summed E-state index contributed by atoms with van der Waals surface area (Å²) in [7, 11) is 0. The van der Waals surface area contributed by atoms with Crippen LogP contribution in [0.2, 0.25) is 0 Å². The summed E-state index contributed by atoms with van der Waals surface area (Å²) in [4.78, 5) is 90.0. The Labute approximate surface area is 254 Å². The Morgan fingerprint density at radius 1 is 0.244 bits per heavy atom. The van der Waals surface area contributed by atoms with Crippen LogP contribution in [0.25, 0.3) is 0 Å². The summed E-state index contributed by atoms with van der Waals surface area (Å²) in [5.74, 6) is -8.33. The van der Waals surface area contributed by atoms with Crippen LogP contribution < -0.4 is 0 Å². The predicted octanol–water partition coefficient (Wildman–Crippen LogP) is 0.753. The number of carboxylic acids is 10. The van der Waals surface area contributed by atoms with E-state index in [9.17, 15) is 0 Å². The maximum Gasteiger partial charge on any atom is 2.00 e. The van der Waals surface area contributed by atoms with E-state index in [4.69, 9.17) is 99.0 Å². The fourth-order valence-electron chi connectivity index (χ4n) is 0. The minimum Gasteiger partial charge on any atom is -1.00 e. The van der Waals surface area contributed by atoms with Crippen molar-refractivity contribution in [1.82, 2.24) is 0 Å². The third-order valence-electron chi connectivity index (χ3n) is 0. The third kappa shape index (κ3) is 1930. The van der Waals surface area contributed by atoms with Gasteiger partial charge >= 0.3 is 23.1 Å². The van der Waals surface area contributed by atoms with E-state index in [1.54, 1.807) is 0 Å². The standard InChI is InChI=1S/10C2H4O2.Mg.2H/c10*1-2(3)4;;;/h10*1H3,(H,3,4);;;/q;;;;;;;;;;+2;2*-1. The van der Waals surface area contributed by atoms with Crippen molar-refractivity contribution in [3.8, 4) is 0 Å².